The topological polar surface area (TPSA) is 89.2 Å². The molecule has 4 aromatic rings. The van der Waals surface area contributed by atoms with E-state index < -0.39 is 0 Å². The molecule has 1 aromatic carbocycles. The minimum atomic E-state index is 0.307. The third-order valence-electron chi connectivity index (χ3n) is 7.85. The number of hydrogen-bond donors (Lipinski definition) is 1. The summed E-state index contributed by atoms with van der Waals surface area (Å²) in [5, 5.41) is 13.0. The molecule has 0 radical (unpaired) electrons. The minimum Gasteiger partial charge on any atom is -0.383 e. The maximum absolute atomic E-state index is 5.21. The number of aryl methyl sites for hydroxylation is 1. The van der Waals surface area contributed by atoms with Crippen molar-refractivity contribution in [3.8, 4) is 22.5 Å². The summed E-state index contributed by atoms with van der Waals surface area (Å²) in [5.41, 5.74) is 6.54. The molecule has 10 heteroatoms. The number of rotatable bonds is 9. The molecule has 2 aliphatic rings. The molecule has 10 nitrogen and oxygen atoms in total. The van der Waals surface area contributed by atoms with Crippen LogP contribution >= 0.6 is 0 Å². The Labute approximate surface area is 229 Å². The fourth-order valence-corrected chi connectivity index (χ4v) is 5.68. The highest BCUT2D eigenvalue weighted by atomic mass is 16.5. The van der Waals surface area contributed by atoms with E-state index in [0.717, 1.165) is 98.4 Å². The van der Waals surface area contributed by atoms with E-state index >= 15 is 0 Å². The van der Waals surface area contributed by atoms with E-state index in [0.29, 0.717) is 11.9 Å². The lowest BCUT2D eigenvalue weighted by atomic mass is 9.85. The van der Waals surface area contributed by atoms with Crippen molar-refractivity contribution in [2.45, 2.75) is 25.8 Å². The first-order chi connectivity index (χ1) is 19.1. The fourth-order valence-electron chi connectivity index (χ4n) is 5.68. The zero-order valence-electron chi connectivity index (χ0n) is 23.0. The van der Waals surface area contributed by atoms with E-state index in [1.807, 2.05) is 40.9 Å². The number of fused-ring (bicyclic) bond motifs is 3. The van der Waals surface area contributed by atoms with Crippen molar-refractivity contribution in [2.24, 2.45) is 7.05 Å². The van der Waals surface area contributed by atoms with Gasteiger partial charge in [0.05, 0.1) is 30.2 Å². The Morgan fingerprint density at radius 2 is 1.74 bits per heavy atom. The first-order valence-corrected chi connectivity index (χ1v) is 13.8. The lowest BCUT2D eigenvalue weighted by Crippen LogP contribution is -2.47. The van der Waals surface area contributed by atoms with Gasteiger partial charge in [-0.05, 0) is 12.3 Å². The summed E-state index contributed by atoms with van der Waals surface area (Å²) in [6, 6.07) is 12.4. The van der Waals surface area contributed by atoms with E-state index in [9.17, 15) is 0 Å². The molecule has 0 amide bonds. The second-order valence-electron chi connectivity index (χ2n) is 10.5. The molecule has 3 aromatic heterocycles. The number of hydrogen-bond acceptors (Lipinski definition) is 8. The SMILES string of the molecule is COCCN1CCN(CCn2ccc(Nc3ncc4c(n3)-c3c(nn(C)c3-c3ccccc3)C[C@H]4C)n2)CC1. The second-order valence-corrected chi connectivity index (χ2v) is 10.5. The van der Waals surface area contributed by atoms with Gasteiger partial charge in [-0.3, -0.25) is 19.2 Å². The van der Waals surface area contributed by atoms with Crippen LogP contribution in [-0.4, -0.2) is 92.3 Å². The molecule has 0 unspecified atom stereocenters. The maximum Gasteiger partial charge on any atom is 0.228 e. The Morgan fingerprint density at radius 1 is 0.974 bits per heavy atom. The third-order valence-corrected chi connectivity index (χ3v) is 7.85. The van der Waals surface area contributed by atoms with Gasteiger partial charge in [0.1, 0.15) is 0 Å². The zero-order chi connectivity index (χ0) is 26.8. The van der Waals surface area contributed by atoms with Crippen LogP contribution in [0.15, 0.2) is 48.8 Å². The minimum absolute atomic E-state index is 0.307. The van der Waals surface area contributed by atoms with Gasteiger partial charge in [-0.1, -0.05) is 37.3 Å². The Balaban J connectivity index is 1.15. The number of nitrogens with one attached hydrogen (secondary N) is 1. The lowest BCUT2D eigenvalue weighted by molar-refractivity contribution is 0.0948. The van der Waals surface area contributed by atoms with Crippen molar-refractivity contribution < 1.29 is 4.74 Å². The van der Waals surface area contributed by atoms with Gasteiger partial charge in [-0.25, -0.2) is 9.97 Å². The summed E-state index contributed by atoms with van der Waals surface area (Å²) in [4.78, 5) is 14.6. The molecular formula is C29H37N9O. The van der Waals surface area contributed by atoms with Crippen LogP contribution in [0.5, 0.6) is 0 Å². The van der Waals surface area contributed by atoms with E-state index in [4.69, 9.17) is 19.9 Å². The number of aromatic nitrogens is 6. The molecule has 39 heavy (non-hydrogen) atoms. The average Bonchev–Trinajstić information content (AvgIpc) is 3.54. The first kappa shape index (κ1) is 25.7. The quantitative estimate of drug-likeness (QED) is 0.354. The first-order valence-electron chi connectivity index (χ1n) is 13.8. The Bertz CT molecular complexity index is 1410. The van der Waals surface area contributed by atoms with Gasteiger partial charge in [-0.15, -0.1) is 0 Å². The largest absolute Gasteiger partial charge is 0.383 e. The molecule has 0 spiro atoms. The standard InChI is InChI=1S/C29H37N9O/c1-21-19-24-26(28(35(2)33-24)22-7-5-4-6-8-22)27-23(21)20-30-29(32-27)31-25-9-10-38(34-25)16-15-36-11-13-37(14-12-36)17-18-39-3/h4-10,20-21H,11-19H2,1-3H3,(H,30,31,32,34)/t21-/m1/s1. The van der Waals surface area contributed by atoms with Gasteiger partial charge < -0.3 is 10.1 Å². The Hall–Kier alpha value is -3.60. The molecule has 1 aliphatic carbocycles. The highest BCUT2D eigenvalue weighted by Gasteiger charge is 2.30. The Morgan fingerprint density at radius 3 is 2.51 bits per heavy atom. The van der Waals surface area contributed by atoms with Crippen LogP contribution in [0.2, 0.25) is 0 Å². The van der Waals surface area contributed by atoms with Crippen molar-refractivity contribution in [1.29, 1.82) is 0 Å². The van der Waals surface area contributed by atoms with Crippen molar-refractivity contribution in [3.63, 3.8) is 0 Å². The number of methoxy groups -OCH3 is 1. The van der Waals surface area contributed by atoms with Crippen LogP contribution in [-0.2, 0) is 24.8 Å². The predicted molar refractivity (Wildman–Crippen MR) is 152 cm³/mol. The zero-order valence-corrected chi connectivity index (χ0v) is 23.0. The van der Waals surface area contributed by atoms with Crippen molar-refractivity contribution in [3.05, 3.63) is 60.0 Å². The molecule has 1 fully saturated rings. The number of piperazine rings is 1. The average molecular weight is 528 g/mol. The summed E-state index contributed by atoms with van der Waals surface area (Å²) < 4.78 is 9.19. The number of benzene rings is 1. The second kappa shape index (κ2) is 11.3. The molecule has 6 rings (SSSR count). The molecular weight excluding hydrogens is 490 g/mol. The molecule has 1 aliphatic heterocycles. The van der Waals surface area contributed by atoms with Crippen LogP contribution in [0.1, 0.15) is 24.1 Å². The highest BCUT2D eigenvalue weighted by molar-refractivity contribution is 5.84. The van der Waals surface area contributed by atoms with Crippen LogP contribution in [0, 0.1) is 0 Å². The van der Waals surface area contributed by atoms with E-state index in [1.165, 1.54) is 0 Å². The van der Waals surface area contributed by atoms with Gasteiger partial charge in [0.25, 0.3) is 0 Å². The van der Waals surface area contributed by atoms with Crippen molar-refractivity contribution in [1.82, 2.24) is 39.3 Å². The van der Waals surface area contributed by atoms with E-state index in [2.05, 4.69) is 51.3 Å². The third kappa shape index (κ3) is 5.45. The molecule has 4 heterocycles. The van der Waals surface area contributed by atoms with Crippen LogP contribution < -0.4 is 5.32 Å². The summed E-state index contributed by atoms with van der Waals surface area (Å²) in [6.45, 7) is 10.2. The predicted octanol–water partition coefficient (Wildman–Crippen LogP) is 3.41. The lowest BCUT2D eigenvalue weighted by Gasteiger charge is -2.34. The van der Waals surface area contributed by atoms with Crippen LogP contribution in [0.3, 0.4) is 0 Å². The number of nitrogens with zero attached hydrogens (tertiary/aromatic N) is 8. The molecule has 0 bridgehead atoms. The molecule has 1 saturated heterocycles. The van der Waals surface area contributed by atoms with Crippen molar-refractivity contribution in [2.75, 3.05) is 58.3 Å². The normalized spacial score (nSPS) is 17.7. The summed E-state index contributed by atoms with van der Waals surface area (Å²) >= 11 is 0. The van der Waals surface area contributed by atoms with Gasteiger partial charge in [-0.2, -0.15) is 10.2 Å². The monoisotopic (exact) mass is 527 g/mol. The van der Waals surface area contributed by atoms with Crippen LogP contribution in [0.4, 0.5) is 11.8 Å². The molecule has 0 saturated carbocycles. The highest BCUT2D eigenvalue weighted by Crippen LogP contribution is 2.43. The van der Waals surface area contributed by atoms with E-state index in [-0.39, 0.29) is 0 Å². The smallest absolute Gasteiger partial charge is 0.228 e. The summed E-state index contributed by atoms with van der Waals surface area (Å²) in [5.74, 6) is 1.60. The maximum atomic E-state index is 5.21. The summed E-state index contributed by atoms with van der Waals surface area (Å²) in [6.07, 6.45) is 4.86. The van der Waals surface area contributed by atoms with E-state index in [1.54, 1.807) is 7.11 Å². The molecule has 1 N–H and O–H groups in total. The van der Waals surface area contributed by atoms with Crippen molar-refractivity contribution >= 4 is 11.8 Å². The number of ether oxygens (including phenoxy) is 1. The van der Waals surface area contributed by atoms with Gasteiger partial charge >= 0.3 is 0 Å². The molecule has 1 atom stereocenters. The van der Waals surface area contributed by atoms with Crippen LogP contribution in [0.25, 0.3) is 22.5 Å². The summed E-state index contributed by atoms with van der Waals surface area (Å²) in [7, 11) is 3.78. The van der Waals surface area contributed by atoms with Gasteiger partial charge in [0.2, 0.25) is 5.95 Å². The number of anilines is 2. The van der Waals surface area contributed by atoms with Gasteiger partial charge in [0.15, 0.2) is 5.82 Å². The Kier molecular flexibility index (Phi) is 7.40. The fraction of sp³-hybridized carbons (Fsp3) is 0.448. The molecule has 204 valence electrons. The van der Waals surface area contributed by atoms with Gasteiger partial charge in [0, 0.05) is 88.6 Å².